The lowest BCUT2D eigenvalue weighted by atomic mass is 9.95. The normalized spacial score (nSPS) is 18.9. The van der Waals surface area contributed by atoms with Crippen molar-refractivity contribution in [2.45, 2.75) is 32.6 Å². The Morgan fingerprint density at radius 3 is 2.71 bits per heavy atom. The molecule has 0 bridgehead atoms. The van der Waals surface area contributed by atoms with E-state index in [1.807, 2.05) is 19.1 Å². The fraction of sp³-hybridized carbons (Fsp3) is 0.444. The second kappa shape index (κ2) is 5.78. The zero-order valence-corrected chi connectivity index (χ0v) is 15.1. The highest BCUT2D eigenvalue weighted by molar-refractivity contribution is 6.33. The third-order valence-corrected chi connectivity index (χ3v) is 6.02. The summed E-state index contributed by atoms with van der Waals surface area (Å²) in [4.78, 5) is 14.9. The second-order valence-electron chi connectivity index (χ2n) is 7.02. The minimum Gasteiger partial charge on any atom is -0.368 e. The highest BCUT2D eigenvalue weighted by Gasteiger charge is 2.45. The van der Waals surface area contributed by atoms with Crippen LogP contribution in [0.15, 0.2) is 29.2 Å². The van der Waals surface area contributed by atoms with Crippen LogP contribution in [0, 0.1) is 12.3 Å². The van der Waals surface area contributed by atoms with E-state index < -0.39 is 0 Å². The number of anilines is 1. The number of nitrogens with zero attached hydrogens (tertiary/aromatic N) is 3. The summed E-state index contributed by atoms with van der Waals surface area (Å²) in [6.07, 6.45) is 6.71. The molecule has 1 saturated heterocycles. The van der Waals surface area contributed by atoms with Crippen LogP contribution >= 0.6 is 23.2 Å². The Hall–Kier alpha value is -1.52. The molecule has 126 valence electrons. The Morgan fingerprint density at radius 1 is 1.21 bits per heavy atom. The summed E-state index contributed by atoms with van der Waals surface area (Å²) in [5, 5.41) is 5.18. The molecule has 0 atom stereocenters. The molecule has 0 N–H and O–H groups in total. The number of aromatic nitrogens is 2. The van der Waals surface area contributed by atoms with Gasteiger partial charge in [0.05, 0.1) is 17.6 Å². The van der Waals surface area contributed by atoms with Crippen molar-refractivity contribution in [2.24, 2.45) is 5.41 Å². The van der Waals surface area contributed by atoms with Crippen LogP contribution in [-0.4, -0.2) is 22.9 Å². The van der Waals surface area contributed by atoms with Gasteiger partial charge in [-0.15, -0.1) is 0 Å². The van der Waals surface area contributed by atoms with Crippen molar-refractivity contribution in [2.75, 3.05) is 18.0 Å². The minimum absolute atomic E-state index is 0.236. The Morgan fingerprint density at radius 2 is 2.00 bits per heavy atom. The summed E-state index contributed by atoms with van der Waals surface area (Å²) in [5.41, 5.74) is 2.49. The molecule has 1 aliphatic heterocycles. The summed E-state index contributed by atoms with van der Waals surface area (Å²) >= 11 is 12.6. The van der Waals surface area contributed by atoms with E-state index in [9.17, 15) is 4.79 Å². The molecule has 0 unspecified atom stereocenters. The van der Waals surface area contributed by atoms with Gasteiger partial charge in [-0.3, -0.25) is 4.79 Å². The van der Waals surface area contributed by atoms with Crippen molar-refractivity contribution >= 4 is 28.9 Å². The second-order valence-corrected chi connectivity index (χ2v) is 7.80. The van der Waals surface area contributed by atoms with E-state index in [2.05, 4.69) is 10.00 Å². The number of halogens is 2. The van der Waals surface area contributed by atoms with Gasteiger partial charge in [0.1, 0.15) is 5.02 Å². The first-order chi connectivity index (χ1) is 11.5. The average Bonchev–Trinajstić information content (AvgIpc) is 3.31. The van der Waals surface area contributed by atoms with Crippen LogP contribution < -0.4 is 10.5 Å². The van der Waals surface area contributed by atoms with Crippen molar-refractivity contribution in [1.82, 2.24) is 9.78 Å². The van der Waals surface area contributed by atoms with Crippen molar-refractivity contribution in [1.29, 1.82) is 0 Å². The molecule has 6 heteroatoms. The zero-order chi connectivity index (χ0) is 16.9. The van der Waals surface area contributed by atoms with Gasteiger partial charge < -0.3 is 4.90 Å². The van der Waals surface area contributed by atoms with Gasteiger partial charge in [0.25, 0.3) is 5.56 Å². The first-order valence-electron chi connectivity index (χ1n) is 8.28. The van der Waals surface area contributed by atoms with Crippen LogP contribution in [-0.2, 0) is 0 Å². The van der Waals surface area contributed by atoms with Crippen LogP contribution in [0.5, 0.6) is 0 Å². The highest BCUT2D eigenvalue weighted by Crippen LogP contribution is 2.52. The zero-order valence-electron chi connectivity index (χ0n) is 13.6. The van der Waals surface area contributed by atoms with E-state index in [1.165, 1.54) is 23.9 Å². The maximum Gasteiger partial charge on any atom is 0.292 e. The van der Waals surface area contributed by atoms with E-state index in [0.29, 0.717) is 16.1 Å². The quantitative estimate of drug-likeness (QED) is 0.801. The molecule has 24 heavy (non-hydrogen) atoms. The van der Waals surface area contributed by atoms with E-state index >= 15 is 0 Å². The maximum absolute atomic E-state index is 12.7. The monoisotopic (exact) mass is 363 g/mol. The Balaban J connectivity index is 1.71. The standard InChI is InChI=1S/C18H19Cl2N3O/c1-12-3-4-13(9-14(12)19)23-17(24)16(20)15(10-21-23)22-8-2-5-18(11-22)6-7-18/h3-4,9-10H,2,5-8,11H2,1H3. The third-order valence-electron chi connectivity index (χ3n) is 5.26. The predicted octanol–water partition coefficient (Wildman–Crippen LogP) is 4.23. The van der Waals surface area contributed by atoms with Crippen LogP contribution in [0.2, 0.25) is 10.0 Å². The van der Waals surface area contributed by atoms with Crippen LogP contribution in [0.25, 0.3) is 5.69 Å². The Labute approximate surface area is 151 Å². The van der Waals surface area contributed by atoms with Crippen molar-refractivity contribution < 1.29 is 0 Å². The lowest BCUT2D eigenvalue weighted by molar-refractivity contribution is 0.395. The Kier molecular flexibility index (Phi) is 3.85. The van der Waals surface area contributed by atoms with Gasteiger partial charge in [0.15, 0.2) is 0 Å². The van der Waals surface area contributed by atoms with E-state index in [-0.39, 0.29) is 10.6 Å². The number of hydrogen-bond acceptors (Lipinski definition) is 3. The number of piperidine rings is 1. The van der Waals surface area contributed by atoms with Crippen molar-refractivity contribution in [3.05, 3.63) is 50.4 Å². The maximum atomic E-state index is 12.7. The van der Waals surface area contributed by atoms with Gasteiger partial charge in [-0.05, 0) is 55.7 Å². The van der Waals surface area contributed by atoms with Crippen LogP contribution in [0.3, 0.4) is 0 Å². The first kappa shape index (κ1) is 16.0. The summed E-state index contributed by atoms with van der Waals surface area (Å²) in [6.45, 7) is 3.83. The predicted molar refractivity (Wildman–Crippen MR) is 97.7 cm³/mol. The summed E-state index contributed by atoms with van der Waals surface area (Å²) in [6, 6.07) is 5.43. The molecule has 4 nitrogen and oxygen atoms in total. The van der Waals surface area contributed by atoms with E-state index in [4.69, 9.17) is 23.2 Å². The van der Waals surface area contributed by atoms with Gasteiger partial charge in [-0.2, -0.15) is 9.78 Å². The smallest absolute Gasteiger partial charge is 0.292 e. The summed E-state index contributed by atoms with van der Waals surface area (Å²) in [5.74, 6) is 0. The largest absolute Gasteiger partial charge is 0.368 e. The van der Waals surface area contributed by atoms with Crippen LogP contribution in [0.1, 0.15) is 31.2 Å². The molecule has 1 spiro atoms. The van der Waals surface area contributed by atoms with Gasteiger partial charge in [0, 0.05) is 18.1 Å². The molecular weight excluding hydrogens is 345 g/mol. The SMILES string of the molecule is Cc1ccc(-n2ncc(N3CCCC4(CC4)C3)c(Cl)c2=O)cc1Cl. The molecule has 4 rings (SSSR count). The molecule has 1 aromatic carbocycles. The van der Waals surface area contributed by atoms with Gasteiger partial charge >= 0.3 is 0 Å². The minimum atomic E-state index is -0.301. The summed E-state index contributed by atoms with van der Waals surface area (Å²) < 4.78 is 1.31. The molecule has 2 fully saturated rings. The molecule has 0 amide bonds. The number of hydrogen-bond donors (Lipinski definition) is 0. The number of aryl methyl sites for hydroxylation is 1. The molecule has 0 radical (unpaired) electrons. The molecule has 1 saturated carbocycles. The fourth-order valence-corrected chi connectivity index (χ4v) is 3.96. The molecule has 1 aromatic heterocycles. The topological polar surface area (TPSA) is 38.1 Å². The van der Waals surface area contributed by atoms with Crippen molar-refractivity contribution in [3.8, 4) is 5.69 Å². The lowest BCUT2D eigenvalue weighted by Gasteiger charge is -2.34. The van der Waals surface area contributed by atoms with Crippen molar-refractivity contribution in [3.63, 3.8) is 0 Å². The van der Waals surface area contributed by atoms with E-state index in [1.54, 1.807) is 12.3 Å². The molecule has 2 heterocycles. The average molecular weight is 364 g/mol. The molecule has 2 aliphatic rings. The van der Waals surface area contributed by atoms with Crippen LogP contribution in [0.4, 0.5) is 5.69 Å². The molecule has 2 aromatic rings. The lowest BCUT2D eigenvalue weighted by Crippen LogP contribution is -2.38. The number of rotatable bonds is 2. The van der Waals surface area contributed by atoms with Gasteiger partial charge in [0.2, 0.25) is 0 Å². The highest BCUT2D eigenvalue weighted by atomic mass is 35.5. The Bertz CT molecular complexity index is 858. The number of benzene rings is 1. The molecule has 1 aliphatic carbocycles. The third kappa shape index (κ3) is 2.72. The summed E-state index contributed by atoms with van der Waals surface area (Å²) in [7, 11) is 0. The molecular formula is C18H19Cl2N3O. The van der Waals surface area contributed by atoms with Gasteiger partial charge in [-0.1, -0.05) is 29.3 Å². The first-order valence-corrected chi connectivity index (χ1v) is 9.04. The fourth-order valence-electron chi connectivity index (χ4n) is 3.54. The van der Waals surface area contributed by atoms with Gasteiger partial charge in [-0.25, -0.2) is 0 Å². The van der Waals surface area contributed by atoms with E-state index in [0.717, 1.165) is 30.8 Å².